The van der Waals surface area contributed by atoms with Crippen LogP contribution in [-0.4, -0.2) is 13.1 Å². The maximum Gasteiger partial charge on any atom is 0.146 e. The fraction of sp³-hybridized carbons (Fsp3) is 0.250. The molecule has 106 valence electrons. The van der Waals surface area contributed by atoms with E-state index in [4.69, 9.17) is 5.73 Å². The predicted octanol–water partition coefficient (Wildman–Crippen LogP) is 3.49. The van der Waals surface area contributed by atoms with E-state index in [2.05, 4.69) is 0 Å². The number of halogens is 2. The number of para-hydroxylation sites is 1. The fourth-order valence-electron chi connectivity index (χ4n) is 2.16. The third kappa shape index (κ3) is 3.33. The molecule has 0 heterocycles. The standard InChI is InChI=1S/C16H18F2N2/c1-2-20(16-6-4-3-5-14(16)18)11-15(19)12-7-9-13(17)10-8-12/h3-10,15H,2,11,19H2,1H3. The molecule has 0 fully saturated rings. The number of nitrogens with two attached hydrogens (primary N) is 1. The van der Waals surface area contributed by atoms with Crippen LogP contribution in [0.1, 0.15) is 18.5 Å². The summed E-state index contributed by atoms with van der Waals surface area (Å²) >= 11 is 0. The summed E-state index contributed by atoms with van der Waals surface area (Å²) in [5, 5.41) is 0. The minimum atomic E-state index is -0.296. The summed E-state index contributed by atoms with van der Waals surface area (Å²) in [7, 11) is 0. The molecule has 4 heteroatoms. The number of hydrogen-bond acceptors (Lipinski definition) is 2. The Morgan fingerprint density at radius 2 is 1.70 bits per heavy atom. The molecule has 2 aromatic carbocycles. The van der Waals surface area contributed by atoms with Gasteiger partial charge in [-0.2, -0.15) is 0 Å². The van der Waals surface area contributed by atoms with Crippen LogP contribution in [0.15, 0.2) is 48.5 Å². The van der Waals surface area contributed by atoms with Crippen molar-refractivity contribution in [3.8, 4) is 0 Å². The van der Waals surface area contributed by atoms with E-state index < -0.39 is 0 Å². The molecule has 20 heavy (non-hydrogen) atoms. The summed E-state index contributed by atoms with van der Waals surface area (Å²) in [5.41, 5.74) is 7.49. The van der Waals surface area contributed by atoms with E-state index in [1.54, 1.807) is 30.3 Å². The summed E-state index contributed by atoms with van der Waals surface area (Å²) in [6, 6.07) is 12.4. The van der Waals surface area contributed by atoms with Gasteiger partial charge >= 0.3 is 0 Å². The fourth-order valence-corrected chi connectivity index (χ4v) is 2.16. The lowest BCUT2D eigenvalue weighted by Gasteiger charge is -2.27. The Balaban J connectivity index is 2.14. The molecule has 0 aliphatic rings. The third-order valence-electron chi connectivity index (χ3n) is 3.29. The Kier molecular flexibility index (Phi) is 4.69. The molecule has 0 aliphatic heterocycles. The Hall–Kier alpha value is -1.94. The van der Waals surface area contributed by atoms with Crippen LogP contribution < -0.4 is 10.6 Å². The van der Waals surface area contributed by atoms with Gasteiger partial charge in [-0.1, -0.05) is 24.3 Å². The minimum Gasteiger partial charge on any atom is -0.368 e. The largest absolute Gasteiger partial charge is 0.368 e. The van der Waals surface area contributed by atoms with Crippen LogP contribution in [0.4, 0.5) is 14.5 Å². The minimum absolute atomic E-state index is 0.263. The van der Waals surface area contributed by atoms with Crippen molar-refractivity contribution < 1.29 is 8.78 Å². The van der Waals surface area contributed by atoms with Crippen LogP contribution in [-0.2, 0) is 0 Å². The number of rotatable bonds is 5. The zero-order valence-electron chi connectivity index (χ0n) is 11.4. The Morgan fingerprint density at radius 3 is 2.30 bits per heavy atom. The number of hydrogen-bond donors (Lipinski definition) is 1. The normalized spacial score (nSPS) is 12.2. The zero-order valence-corrected chi connectivity index (χ0v) is 11.4. The molecule has 0 aliphatic carbocycles. The predicted molar refractivity (Wildman–Crippen MR) is 77.6 cm³/mol. The first-order valence-corrected chi connectivity index (χ1v) is 6.62. The number of nitrogens with zero attached hydrogens (tertiary/aromatic N) is 1. The van der Waals surface area contributed by atoms with Gasteiger partial charge in [0.2, 0.25) is 0 Å². The molecule has 0 aromatic heterocycles. The first-order valence-electron chi connectivity index (χ1n) is 6.62. The molecule has 0 saturated carbocycles. The Labute approximate surface area is 117 Å². The summed E-state index contributed by atoms with van der Waals surface area (Å²) in [6.07, 6.45) is 0. The van der Waals surface area contributed by atoms with Crippen molar-refractivity contribution in [3.63, 3.8) is 0 Å². The topological polar surface area (TPSA) is 29.3 Å². The van der Waals surface area contributed by atoms with Crippen molar-refractivity contribution in [2.24, 2.45) is 5.73 Å². The second-order valence-corrected chi connectivity index (χ2v) is 4.65. The van der Waals surface area contributed by atoms with E-state index in [0.717, 1.165) is 5.56 Å². The van der Waals surface area contributed by atoms with Crippen LogP contribution >= 0.6 is 0 Å². The first kappa shape index (κ1) is 14.5. The van der Waals surface area contributed by atoms with Crippen molar-refractivity contribution in [1.29, 1.82) is 0 Å². The van der Waals surface area contributed by atoms with Crippen LogP contribution in [0.2, 0.25) is 0 Å². The van der Waals surface area contributed by atoms with Gasteiger partial charge in [0.15, 0.2) is 0 Å². The van der Waals surface area contributed by atoms with Gasteiger partial charge in [-0.05, 0) is 36.8 Å². The smallest absolute Gasteiger partial charge is 0.146 e. The molecule has 0 saturated heterocycles. The third-order valence-corrected chi connectivity index (χ3v) is 3.29. The molecule has 0 amide bonds. The van der Waals surface area contributed by atoms with Crippen molar-refractivity contribution in [1.82, 2.24) is 0 Å². The van der Waals surface area contributed by atoms with Crippen molar-refractivity contribution in [2.45, 2.75) is 13.0 Å². The van der Waals surface area contributed by atoms with Crippen molar-refractivity contribution >= 4 is 5.69 Å². The Morgan fingerprint density at radius 1 is 1.05 bits per heavy atom. The van der Waals surface area contributed by atoms with Gasteiger partial charge < -0.3 is 10.6 Å². The molecule has 2 nitrogen and oxygen atoms in total. The lowest BCUT2D eigenvalue weighted by molar-refractivity contribution is 0.604. The number of likely N-dealkylation sites (N-methyl/N-ethyl adjacent to an activating group) is 1. The lowest BCUT2D eigenvalue weighted by Crippen LogP contribution is -2.32. The summed E-state index contributed by atoms with van der Waals surface area (Å²) in [5.74, 6) is -0.553. The molecule has 2 aromatic rings. The highest BCUT2D eigenvalue weighted by atomic mass is 19.1. The van der Waals surface area contributed by atoms with Crippen LogP contribution in [0.25, 0.3) is 0 Å². The van der Waals surface area contributed by atoms with E-state index in [0.29, 0.717) is 18.8 Å². The SMILES string of the molecule is CCN(CC(N)c1ccc(F)cc1)c1ccccc1F. The van der Waals surface area contributed by atoms with Crippen molar-refractivity contribution in [2.75, 3.05) is 18.0 Å². The van der Waals surface area contributed by atoms with Gasteiger partial charge in [0.1, 0.15) is 11.6 Å². The summed E-state index contributed by atoms with van der Waals surface area (Å²) < 4.78 is 26.7. The zero-order chi connectivity index (χ0) is 14.5. The van der Waals surface area contributed by atoms with Gasteiger partial charge in [-0.15, -0.1) is 0 Å². The van der Waals surface area contributed by atoms with Crippen molar-refractivity contribution in [3.05, 3.63) is 65.7 Å². The van der Waals surface area contributed by atoms with Gasteiger partial charge in [-0.25, -0.2) is 8.78 Å². The molecule has 1 atom stereocenters. The first-order chi connectivity index (χ1) is 9.61. The quantitative estimate of drug-likeness (QED) is 0.905. The molecule has 2 rings (SSSR count). The van der Waals surface area contributed by atoms with Gasteiger partial charge in [0.25, 0.3) is 0 Å². The number of benzene rings is 2. The average molecular weight is 276 g/mol. The van der Waals surface area contributed by atoms with E-state index >= 15 is 0 Å². The molecular weight excluding hydrogens is 258 g/mol. The average Bonchev–Trinajstić information content (AvgIpc) is 2.46. The maximum atomic E-state index is 13.8. The second kappa shape index (κ2) is 6.48. The molecular formula is C16H18F2N2. The highest BCUT2D eigenvalue weighted by molar-refractivity contribution is 5.48. The van der Waals surface area contributed by atoms with E-state index in [1.807, 2.05) is 11.8 Å². The lowest BCUT2D eigenvalue weighted by atomic mass is 10.1. The second-order valence-electron chi connectivity index (χ2n) is 4.65. The molecule has 0 bridgehead atoms. The van der Waals surface area contributed by atoms with E-state index in [9.17, 15) is 8.78 Å². The summed E-state index contributed by atoms with van der Waals surface area (Å²) in [6.45, 7) is 3.07. The van der Waals surface area contributed by atoms with E-state index in [-0.39, 0.29) is 17.7 Å². The molecule has 2 N–H and O–H groups in total. The van der Waals surface area contributed by atoms with E-state index in [1.165, 1.54) is 18.2 Å². The van der Waals surface area contributed by atoms with Crippen LogP contribution in [0.3, 0.4) is 0 Å². The Bertz CT molecular complexity index is 555. The van der Waals surface area contributed by atoms with Gasteiger partial charge in [0, 0.05) is 19.1 Å². The maximum absolute atomic E-state index is 13.8. The van der Waals surface area contributed by atoms with Gasteiger partial charge in [0.05, 0.1) is 5.69 Å². The molecule has 1 unspecified atom stereocenters. The number of anilines is 1. The molecule has 0 spiro atoms. The summed E-state index contributed by atoms with van der Waals surface area (Å²) in [4.78, 5) is 1.88. The highest BCUT2D eigenvalue weighted by Crippen LogP contribution is 2.21. The van der Waals surface area contributed by atoms with Gasteiger partial charge in [-0.3, -0.25) is 0 Å². The monoisotopic (exact) mass is 276 g/mol. The van der Waals surface area contributed by atoms with Crippen LogP contribution in [0, 0.1) is 11.6 Å². The molecule has 0 radical (unpaired) electrons. The van der Waals surface area contributed by atoms with Crippen LogP contribution in [0.5, 0.6) is 0 Å². The highest BCUT2D eigenvalue weighted by Gasteiger charge is 2.14.